The molecule has 0 fully saturated rings. The molecule has 3 nitrogen and oxygen atoms in total. The molecule has 0 atom stereocenters. The summed E-state index contributed by atoms with van der Waals surface area (Å²) in [5, 5.41) is 3.00. The van der Waals surface area contributed by atoms with Crippen molar-refractivity contribution >= 4 is 39.1 Å². The molecule has 60 valence electrons. The van der Waals surface area contributed by atoms with E-state index in [4.69, 9.17) is 5.73 Å². The third kappa shape index (κ3) is 1.48. The van der Waals surface area contributed by atoms with Gasteiger partial charge < -0.3 is 0 Å². The van der Waals surface area contributed by atoms with Gasteiger partial charge in [0, 0.05) is 0 Å². The molecular weight excluding hydrogens is 255 g/mol. The van der Waals surface area contributed by atoms with Gasteiger partial charge in [0.15, 0.2) is 0 Å². The van der Waals surface area contributed by atoms with Crippen molar-refractivity contribution in [2.45, 2.75) is 13.8 Å². The second-order valence-electron chi connectivity index (χ2n) is 2.74. The molecule has 0 saturated carbocycles. The molecule has 2 radical (unpaired) electrons. The summed E-state index contributed by atoms with van der Waals surface area (Å²) in [5.41, 5.74) is 8.92. The van der Waals surface area contributed by atoms with E-state index in [1.54, 1.807) is 0 Å². The van der Waals surface area contributed by atoms with Crippen LogP contribution in [0.4, 0.5) is 11.4 Å². The Morgan fingerprint density at radius 1 is 1.42 bits per heavy atom. The molecule has 1 rings (SSSR count). The van der Waals surface area contributed by atoms with Crippen LogP contribution in [-0.4, -0.2) is 24.4 Å². The second-order valence-corrected chi connectivity index (χ2v) is 4.52. The quantitative estimate of drug-likeness (QED) is 0.609. The molecule has 2 N–H and O–H groups in total. The molecule has 0 bridgehead atoms. The van der Waals surface area contributed by atoms with Gasteiger partial charge in [0.1, 0.15) is 0 Å². The minimum atomic E-state index is 0.573. The Kier molecular flexibility index (Phi) is 2.77. The molecule has 0 spiro atoms. The molecule has 0 unspecified atom stereocenters. The molecule has 0 aliphatic rings. The predicted octanol–water partition coefficient (Wildman–Crippen LogP) is 1.08. The molecular formula is C8H9InN2O. The summed E-state index contributed by atoms with van der Waals surface area (Å²) in [6.07, 6.45) is 0. The first kappa shape index (κ1) is 9.58. The fourth-order valence-corrected chi connectivity index (χ4v) is 2.36. The van der Waals surface area contributed by atoms with Gasteiger partial charge in [0.2, 0.25) is 0 Å². The summed E-state index contributed by atoms with van der Waals surface area (Å²) in [6.45, 7) is 3.78. The molecule has 0 aliphatic carbocycles. The fourth-order valence-electron chi connectivity index (χ4n) is 1.08. The molecule has 0 aliphatic heterocycles. The molecule has 1 aromatic carbocycles. The van der Waals surface area contributed by atoms with E-state index in [2.05, 4.69) is 5.18 Å². The zero-order valence-electron chi connectivity index (χ0n) is 7.09. The number of hydrogen-bond acceptors (Lipinski definition) is 3. The summed E-state index contributed by atoms with van der Waals surface area (Å²) in [6, 6.07) is 1.83. The molecule has 0 saturated heterocycles. The van der Waals surface area contributed by atoms with E-state index in [1.807, 2.05) is 19.9 Å². The van der Waals surface area contributed by atoms with Gasteiger partial charge in [-0.2, -0.15) is 0 Å². The van der Waals surface area contributed by atoms with Gasteiger partial charge in [-0.3, -0.25) is 0 Å². The average molecular weight is 264 g/mol. The van der Waals surface area contributed by atoms with Crippen LogP contribution >= 0.6 is 0 Å². The van der Waals surface area contributed by atoms with Crippen molar-refractivity contribution in [1.29, 1.82) is 0 Å². The standard InChI is InChI=1S/C8H9N2O.In/c1-5-6(2)8(10-11)4-3-7(5)9;/h3H,9H2,1-2H3;. The molecule has 1 aromatic rings. The van der Waals surface area contributed by atoms with Crippen molar-refractivity contribution in [3.8, 4) is 0 Å². The molecule has 12 heavy (non-hydrogen) atoms. The van der Waals surface area contributed by atoms with E-state index in [0.717, 1.165) is 44.5 Å². The van der Waals surface area contributed by atoms with E-state index in [9.17, 15) is 4.91 Å². The maximum atomic E-state index is 10.4. The number of rotatable bonds is 1. The van der Waals surface area contributed by atoms with E-state index in [0.29, 0.717) is 5.69 Å². The van der Waals surface area contributed by atoms with Crippen molar-refractivity contribution in [2.75, 3.05) is 5.73 Å². The van der Waals surface area contributed by atoms with Crippen LogP contribution in [0.5, 0.6) is 0 Å². The van der Waals surface area contributed by atoms with E-state index >= 15 is 0 Å². The third-order valence-corrected chi connectivity index (χ3v) is 3.28. The summed E-state index contributed by atoms with van der Waals surface area (Å²) < 4.78 is 0.969. The first-order chi connectivity index (χ1) is 5.57. The number of hydrogen-bond donors (Lipinski definition) is 1. The second kappa shape index (κ2) is 3.47. The van der Waals surface area contributed by atoms with Crippen LogP contribution in [0.25, 0.3) is 0 Å². The Labute approximate surface area is 85.9 Å². The predicted molar refractivity (Wildman–Crippen MR) is 51.2 cm³/mol. The summed E-state index contributed by atoms with van der Waals surface area (Å²) in [5.74, 6) is 0. The van der Waals surface area contributed by atoms with Gasteiger partial charge in [0.25, 0.3) is 0 Å². The number of nitrogens with zero attached hydrogens (tertiary/aromatic N) is 1. The Morgan fingerprint density at radius 2 is 2.00 bits per heavy atom. The van der Waals surface area contributed by atoms with Crippen LogP contribution in [0.3, 0.4) is 0 Å². The molecule has 0 aromatic heterocycles. The summed E-state index contributed by atoms with van der Waals surface area (Å²) in [4.78, 5) is 10.4. The van der Waals surface area contributed by atoms with Crippen molar-refractivity contribution in [3.05, 3.63) is 22.1 Å². The molecule has 0 amide bonds. The van der Waals surface area contributed by atoms with Gasteiger partial charge in [-0.1, -0.05) is 0 Å². The number of nitroso groups, excluding NO2 is 1. The zero-order valence-corrected chi connectivity index (χ0v) is 10.4. The normalized spacial score (nSPS) is 9.83. The van der Waals surface area contributed by atoms with Gasteiger partial charge >= 0.3 is 85.9 Å². The van der Waals surface area contributed by atoms with Crippen LogP contribution in [0.15, 0.2) is 11.2 Å². The number of anilines is 1. The Morgan fingerprint density at radius 3 is 2.50 bits per heavy atom. The van der Waals surface area contributed by atoms with Crippen LogP contribution in [0.1, 0.15) is 11.1 Å². The summed E-state index contributed by atoms with van der Waals surface area (Å²) in [7, 11) is 0. The molecule has 0 heterocycles. The average Bonchev–Trinajstić information content (AvgIpc) is 2.01. The van der Waals surface area contributed by atoms with E-state index in [1.165, 1.54) is 0 Å². The maximum absolute atomic E-state index is 10.4. The Bertz CT molecular complexity index is 336. The van der Waals surface area contributed by atoms with E-state index < -0.39 is 0 Å². The van der Waals surface area contributed by atoms with Crippen LogP contribution in [0, 0.1) is 18.8 Å². The number of nitrogens with two attached hydrogens (primary N) is 1. The van der Waals surface area contributed by atoms with Crippen molar-refractivity contribution in [1.82, 2.24) is 0 Å². The van der Waals surface area contributed by atoms with Gasteiger partial charge in [0.05, 0.1) is 0 Å². The van der Waals surface area contributed by atoms with Gasteiger partial charge in [-0.05, 0) is 0 Å². The summed E-state index contributed by atoms with van der Waals surface area (Å²) >= 11 is 0.872. The third-order valence-electron chi connectivity index (χ3n) is 2.03. The van der Waals surface area contributed by atoms with Gasteiger partial charge in [-0.25, -0.2) is 0 Å². The van der Waals surface area contributed by atoms with Crippen molar-refractivity contribution in [2.24, 2.45) is 5.18 Å². The first-order valence-electron chi connectivity index (χ1n) is 3.56. The van der Waals surface area contributed by atoms with Crippen molar-refractivity contribution < 1.29 is 0 Å². The van der Waals surface area contributed by atoms with Crippen molar-refractivity contribution in [3.63, 3.8) is 0 Å². The number of nitrogen functional groups attached to an aromatic ring is 1. The first-order valence-corrected chi connectivity index (χ1v) is 5.21. The Hall–Kier alpha value is -0.510. The topological polar surface area (TPSA) is 55.4 Å². The molecule has 4 heteroatoms. The van der Waals surface area contributed by atoms with E-state index in [-0.39, 0.29) is 0 Å². The van der Waals surface area contributed by atoms with Crippen LogP contribution < -0.4 is 9.05 Å². The van der Waals surface area contributed by atoms with Crippen LogP contribution in [0.2, 0.25) is 0 Å². The SMILES string of the molecule is Cc1c(N)c[c]([In])c(N=O)c1C. The van der Waals surface area contributed by atoms with Crippen LogP contribution in [-0.2, 0) is 0 Å². The zero-order chi connectivity index (χ0) is 9.30. The number of benzene rings is 1. The van der Waals surface area contributed by atoms with Gasteiger partial charge in [-0.15, -0.1) is 0 Å². The fraction of sp³-hybridized carbons (Fsp3) is 0.250. The monoisotopic (exact) mass is 264 g/mol. The Balaban J connectivity index is 3.51. The minimum absolute atomic E-state index is 0.573.